The highest BCUT2D eigenvalue weighted by Gasteiger charge is 2.10. The van der Waals surface area contributed by atoms with E-state index in [2.05, 4.69) is 25.5 Å². The molecule has 26 heavy (non-hydrogen) atoms. The maximum atomic E-state index is 12.5. The number of benzene rings is 1. The Morgan fingerprint density at radius 2 is 2.12 bits per heavy atom. The summed E-state index contributed by atoms with van der Waals surface area (Å²) >= 11 is 5.94. The van der Waals surface area contributed by atoms with Crippen molar-refractivity contribution in [3.8, 4) is 5.75 Å². The van der Waals surface area contributed by atoms with E-state index in [4.69, 9.17) is 11.6 Å². The van der Waals surface area contributed by atoms with Crippen LogP contribution in [0.1, 0.15) is 18.2 Å². The predicted molar refractivity (Wildman–Crippen MR) is 108 cm³/mol. The van der Waals surface area contributed by atoms with Crippen molar-refractivity contribution in [1.29, 1.82) is 0 Å². The average Bonchev–Trinajstić information content (AvgIpc) is 2.97. The molecule has 0 aliphatic carbocycles. The van der Waals surface area contributed by atoms with Gasteiger partial charge >= 0.3 is 6.61 Å². The number of ether oxygens (including phenoxy) is 1. The van der Waals surface area contributed by atoms with Gasteiger partial charge in [0.25, 0.3) is 0 Å². The van der Waals surface area contributed by atoms with Crippen molar-refractivity contribution < 1.29 is 13.5 Å². The number of aliphatic imine (C=N–C) groups is 1. The Hall–Kier alpha value is -1.62. The first-order chi connectivity index (χ1) is 12.0. The molecule has 144 valence electrons. The quantitative estimate of drug-likeness (QED) is 0.348. The van der Waals surface area contributed by atoms with E-state index in [9.17, 15) is 8.78 Å². The van der Waals surface area contributed by atoms with E-state index < -0.39 is 6.61 Å². The summed E-state index contributed by atoms with van der Waals surface area (Å²) in [5.41, 5.74) is 1.46. The van der Waals surface area contributed by atoms with Crippen LogP contribution in [0.3, 0.4) is 0 Å². The Labute approximate surface area is 173 Å². The van der Waals surface area contributed by atoms with Crippen molar-refractivity contribution in [1.82, 2.24) is 20.4 Å². The molecule has 2 rings (SSSR count). The molecule has 0 spiro atoms. The standard InChI is InChI=1S/C16H20ClF2N5O.HI/c1-3-20-16(22-10-13-6-7-23-24(13)2)21-9-11-8-12(17)4-5-14(11)25-15(18)19;/h4-8,15H,3,9-10H2,1-2H3,(H2,20,21,22);1H. The van der Waals surface area contributed by atoms with E-state index in [1.165, 1.54) is 12.1 Å². The smallest absolute Gasteiger partial charge is 0.387 e. The molecule has 0 radical (unpaired) electrons. The lowest BCUT2D eigenvalue weighted by Crippen LogP contribution is -2.37. The maximum absolute atomic E-state index is 12.5. The average molecular weight is 500 g/mol. The Bertz CT molecular complexity index is 726. The van der Waals surface area contributed by atoms with Crippen LogP contribution in [-0.2, 0) is 20.1 Å². The van der Waals surface area contributed by atoms with E-state index in [1.54, 1.807) is 16.9 Å². The van der Waals surface area contributed by atoms with Gasteiger partial charge in [0.15, 0.2) is 5.96 Å². The van der Waals surface area contributed by atoms with E-state index in [0.29, 0.717) is 29.6 Å². The third-order valence-electron chi connectivity index (χ3n) is 3.35. The van der Waals surface area contributed by atoms with Crippen LogP contribution in [0.5, 0.6) is 5.75 Å². The summed E-state index contributed by atoms with van der Waals surface area (Å²) < 4.78 is 31.3. The third kappa shape index (κ3) is 6.94. The van der Waals surface area contributed by atoms with E-state index in [1.807, 2.05) is 20.0 Å². The molecule has 0 unspecified atom stereocenters. The summed E-state index contributed by atoms with van der Waals surface area (Å²) in [6.45, 7) is 0.362. The topological polar surface area (TPSA) is 63.5 Å². The fourth-order valence-electron chi connectivity index (χ4n) is 2.14. The highest BCUT2D eigenvalue weighted by Crippen LogP contribution is 2.25. The van der Waals surface area contributed by atoms with Crippen molar-refractivity contribution in [3.63, 3.8) is 0 Å². The molecule has 0 fully saturated rings. The summed E-state index contributed by atoms with van der Waals surface area (Å²) in [7, 11) is 1.85. The van der Waals surface area contributed by atoms with Crippen LogP contribution in [-0.4, -0.2) is 28.9 Å². The maximum Gasteiger partial charge on any atom is 0.387 e. The first-order valence-corrected chi connectivity index (χ1v) is 8.09. The first kappa shape index (κ1) is 22.4. The lowest BCUT2D eigenvalue weighted by molar-refractivity contribution is -0.0504. The molecule has 2 aromatic rings. The molecule has 0 bridgehead atoms. The molecule has 0 saturated carbocycles. The van der Waals surface area contributed by atoms with Crippen molar-refractivity contribution in [2.75, 3.05) is 6.54 Å². The highest BCUT2D eigenvalue weighted by atomic mass is 127. The molecule has 1 aromatic carbocycles. The largest absolute Gasteiger partial charge is 0.434 e. The van der Waals surface area contributed by atoms with Gasteiger partial charge in [-0.2, -0.15) is 13.9 Å². The Kier molecular flexibility index (Phi) is 9.63. The van der Waals surface area contributed by atoms with Crippen molar-refractivity contribution in [3.05, 3.63) is 46.7 Å². The molecule has 1 aromatic heterocycles. The van der Waals surface area contributed by atoms with Gasteiger partial charge in [-0.25, -0.2) is 4.99 Å². The molecule has 10 heteroatoms. The second kappa shape index (κ2) is 11.2. The van der Waals surface area contributed by atoms with Crippen molar-refractivity contribution >= 4 is 41.5 Å². The minimum atomic E-state index is -2.90. The Balaban J connectivity index is 0.00000338. The van der Waals surface area contributed by atoms with E-state index in [-0.39, 0.29) is 36.3 Å². The van der Waals surface area contributed by atoms with Crippen LogP contribution in [0.15, 0.2) is 35.5 Å². The van der Waals surface area contributed by atoms with Crippen LogP contribution in [0.4, 0.5) is 8.78 Å². The minimum Gasteiger partial charge on any atom is -0.434 e. The van der Waals surface area contributed by atoms with Gasteiger partial charge in [-0.05, 0) is 31.2 Å². The summed E-state index contributed by atoms with van der Waals surface area (Å²) in [5, 5.41) is 10.8. The number of aryl methyl sites for hydroxylation is 1. The van der Waals surface area contributed by atoms with Crippen LogP contribution in [0.25, 0.3) is 0 Å². The summed E-state index contributed by atoms with van der Waals surface area (Å²) in [5.74, 6) is 0.609. The number of guanidine groups is 1. The molecule has 0 saturated heterocycles. The molecule has 6 nitrogen and oxygen atoms in total. The van der Waals surface area contributed by atoms with E-state index >= 15 is 0 Å². The van der Waals surface area contributed by atoms with Gasteiger partial charge in [0.1, 0.15) is 5.75 Å². The van der Waals surface area contributed by atoms with Gasteiger partial charge in [0.2, 0.25) is 0 Å². The normalized spacial score (nSPS) is 11.2. The van der Waals surface area contributed by atoms with Gasteiger partial charge < -0.3 is 15.4 Å². The second-order valence-corrected chi connectivity index (χ2v) is 5.56. The van der Waals surface area contributed by atoms with E-state index in [0.717, 1.165) is 5.69 Å². The molecular formula is C16H21ClF2IN5O. The number of halogens is 4. The fourth-order valence-corrected chi connectivity index (χ4v) is 2.33. The van der Waals surface area contributed by atoms with Gasteiger partial charge in [-0.3, -0.25) is 4.68 Å². The Morgan fingerprint density at radius 3 is 2.73 bits per heavy atom. The zero-order chi connectivity index (χ0) is 18.2. The van der Waals surface area contributed by atoms with Crippen molar-refractivity contribution in [2.24, 2.45) is 12.0 Å². The monoisotopic (exact) mass is 499 g/mol. The van der Waals surface area contributed by atoms with Crippen LogP contribution in [0, 0.1) is 0 Å². The Morgan fingerprint density at radius 1 is 1.35 bits per heavy atom. The third-order valence-corrected chi connectivity index (χ3v) is 3.58. The minimum absolute atomic E-state index is 0. The summed E-state index contributed by atoms with van der Waals surface area (Å²) in [6, 6.07) is 6.36. The number of hydrogen-bond donors (Lipinski definition) is 2. The molecule has 2 N–H and O–H groups in total. The second-order valence-electron chi connectivity index (χ2n) is 5.13. The number of hydrogen-bond acceptors (Lipinski definition) is 3. The van der Waals surface area contributed by atoms with Crippen molar-refractivity contribution in [2.45, 2.75) is 26.6 Å². The number of rotatable bonds is 7. The highest BCUT2D eigenvalue weighted by molar-refractivity contribution is 14.0. The summed E-state index contributed by atoms with van der Waals surface area (Å²) in [6.07, 6.45) is 1.71. The molecule has 0 aliphatic heterocycles. The number of nitrogens with one attached hydrogen (secondary N) is 2. The number of aromatic nitrogens is 2. The molecule has 0 amide bonds. The van der Waals surface area contributed by atoms with Gasteiger partial charge in [0.05, 0.1) is 18.8 Å². The van der Waals surface area contributed by atoms with Gasteiger partial charge in [-0.15, -0.1) is 24.0 Å². The SMILES string of the molecule is CCNC(=NCc1cc(Cl)ccc1OC(F)F)NCc1ccnn1C.I. The van der Waals surface area contributed by atoms with Gasteiger partial charge in [-0.1, -0.05) is 11.6 Å². The fraction of sp³-hybridized carbons (Fsp3) is 0.375. The zero-order valence-electron chi connectivity index (χ0n) is 14.4. The molecule has 0 atom stereocenters. The molecule has 1 heterocycles. The zero-order valence-corrected chi connectivity index (χ0v) is 17.5. The van der Waals surface area contributed by atoms with Crippen LogP contribution in [0.2, 0.25) is 5.02 Å². The number of nitrogens with zero attached hydrogens (tertiary/aromatic N) is 3. The predicted octanol–water partition coefficient (Wildman–Crippen LogP) is 3.55. The van der Waals surface area contributed by atoms with Gasteiger partial charge in [0, 0.05) is 30.4 Å². The molecular weight excluding hydrogens is 479 g/mol. The summed E-state index contributed by atoms with van der Waals surface area (Å²) in [4.78, 5) is 4.40. The van der Waals surface area contributed by atoms with Crippen LogP contribution >= 0.6 is 35.6 Å². The van der Waals surface area contributed by atoms with Crippen LogP contribution < -0.4 is 15.4 Å². The first-order valence-electron chi connectivity index (χ1n) is 7.72. The molecule has 0 aliphatic rings. The lowest BCUT2D eigenvalue weighted by atomic mass is 10.2. The number of alkyl halides is 2. The lowest BCUT2D eigenvalue weighted by Gasteiger charge is -2.13.